The van der Waals surface area contributed by atoms with Crippen molar-refractivity contribution in [2.24, 2.45) is 5.41 Å². The first-order valence-electron chi connectivity index (χ1n) is 23.2. The van der Waals surface area contributed by atoms with Gasteiger partial charge in [-0.05, 0) is 115 Å². The molecule has 8 aromatic rings. The van der Waals surface area contributed by atoms with Gasteiger partial charge >= 0.3 is 0 Å². The predicted octanol–water partition coefficient (Wildman–Crippen LogP) is 16.7. The van der Waals surface area contributed by atoms with Gasteiger partial charge in [0.05, 0.1) is 28.0 Å². The van der Waals surface area contributed by atoms with Crippen LogP contribution >= 0.6 is 0 Å². The maximum absolute atomic E-state index is 12.6. The molecule has 0 unspecified atom stereocenters. The van der Waals surface area contributed by atoms with Crippen molar-refractivity contribution < 1.29 is 5.11 Å². The zero-order chi connectivity index (χ0) is 46.9. The molecule has 0 atom stereocenters. The average molecular weight is 858 g/mol. The highest BCUT2D eigenvalue weighted by molar-refractivity contribution is 5.98. The fourth-order valence-electron chi connectivity index (χ4n) is 8.73. The number of rotatable bonds is 7. The maximum atomic E-state index is 12.6. The quantitative estimate of drug-likeness (QED) is 0.174. The molecule has 4 nitrogen and oxygen atoms in total. The smallest absolute Gasteiger partial charge is 0.149 e. The van der Waals surface area contributed by atoms with E-state index in [1.807, 2.05) is 6.20 Å². The van der Waals surface area contributed by atoms with Crippen LogP contribution < -0.4 is 0 Å². The zero-order valence-corrected chi connectivity index (χ0v) is 41.1. The van der Waals surface area contributed by atoms with E-state index in [1.54, 1.807) is 0 Å². The largest absolute Gasteiger partial charge is 0.507 e. The van der Waals surface area contributed by atoms with Crippen LogP contribution in [0.4, 0.5) is 0 Å². The summed E-state index contributed by atoms with van der Waals surface area (Å²) in [5, 5.41) is 12.6. The second-order valence-corrected chi connectivity index (χ2v) is 22.7. The van der Waals surface area contributed by atoms with Crippen LogP contribution in [0.1, 0.15) is 119 Å². The van der Waals surface area contributed by atoms with E-state index in [0.29, 0.717) is 11.4 Å². The topological polar surface area (TPSA) is 50.9 Å². The number of aromatic hydroxyl groups is 1. The summed E-state index contributed by atoms with van der Waals surface area (Å²) in [6.45, 7) is 31.7. The van der Waals surface area contributed by atoms with Crippen LogP contribution in [0, 0.1) is 5.41 Å². The summed E-state index contributed by atoms with van der Waals surface area (Å²) in [4.78, 5) is 10.7. The summed E-state index contributed by atoms with van der Waals surface area (Å²) in [6.07, 6.45) is 1.91. The van der Waals surface area contributed by atoms with Gasteiger partial charge in [0.15, 0.2) is 0 Å². The van der Waals surface area contributed by atoms with E-state index in [1.165, 1.54) is 11.1 Å². The first kappa shape index (κ1) is 45.3. The molecule has 6 aromatic carbocycles. The normalized spacial score (nSPS) is 12.8. The Bertz CT molecular complexity index is 3030. The van der Waals surface area contributed by atoms with Crippen molar-refractivity contribution >= 4 is 11.0 Å². The fourth-order valence-corrected chi connectivity index (χ4v) is 8.73. The second kappa shape index (κ2) is 16.3. The molecule has 0 aliphatic rings. The Hall–Kier alpha value is -6.26. The van der Waals surface area contributed by atoms with Gasteiger partial charge in [-0.1, -0.05) is 188 Å². The van der Waals surface area contributed by atoms with Gasteiger partial charge in [0.1, 0.15) is 11.6 Å². The molecule has 0 fully saturated rings. The Kier molecular flexibility index (Phi) is 11.4. The van der Waals surface area contributed by atoms with Gasteiger partial charge in [-0.25, -0.2) is 4.98 Å². The minimum atomic E-state index is -0.326. The lowest BCUT2D eigenvalue weighted by Gasteiger charge is -2.40. The zero-order valence-electron chi connectivity index (χ0n) is 41.1. The summed E-state index contributed by atoms with van der Waals surface area (Å²) in [7, 11) is 0. The molecule has 4 heteroatoms. The highest BCUT2D eigenvalue weighted by Crippen LogP contribution is 2.48. The number of aromatic nitrogens is 3. The average Bonchev–Trinajstić information content (AvgIpc) is 3.64. The number of benzene rings is 6. The number of hydrogen-bond donors (Lipinski definition) is 1. The summed E-state index contributed by atoms with van der Waals surface area (Å²) >= 11 is 0. The molecule has 0 bridgehead atoms. The van der Waals surface area contributed by atoms with Crippen LogP contribution in [0.5, 0.6) is 5.75 Å². The summed E-state index contributed by atoms with van der Waals surface area (Å²) in [6, 6.07) is 50.2. The van der Waals surface area contributed by atoms with Crippen LogP contribution in [0.15, 0.2) is 146 Å². The number of nitrogens with zero attached hydrogens (tertiary/aromatic N) is 3. The molecule has 8 rings (SSSR count). The van der Waals surface area contributed by atoms with Crippen molar-refractivity contribution in [3.63, 3.8) is 0 Å². The standard InChI is InChI=1S/C61H67N3O/c1-57(2,3)45-33-42(32-43(34-45)51-35-41(30-31-62-51)39-22-17-15-18-23-39)47-26-21-27-53-54(47)63-56(49-37-46(58(4,5)6)38-50(55(49)65)59(7,8)9)64(53)52-29-28-44(61(13,14)60(10,11)12)36-48(52)40-24-19-16-20-25-40/h15-38,65H,1-14H3. The third-order valence-corrected chi connectivity index (χ3v) is 13.9. The molecule has 0 spiro atoms. The molecule has 0 saturated carbocycles. The first-order chi connectivity index (χ1) is 30.4. The highest BCUT2D eigenvalue weighted by atomic mass is 16.3. The fraction of sp³-hybridized carbons (Fsp3) is 0.311. The molecule has 1 N–H and O–H groups in total. The predicted molar refractivity (Wildman–Crippen MR) is 276 cm³/mol. The molecule has 2 heterocycles. The Morgan fingerprint density at radius 1 is 0.446 bits per heavy atom. The van der Waals surface area contributed by atoms with Gasteiger partial charge in [0.25, 0.3) is 0 Å². The van der Waals surface area contributed by atoms with E-state index < -0.39 is 0 Å². The summed E-state index contributed by atoms with van der Waals surface area (Å²) < 4.78 is 2.31. The molecule has 0 aliphatic carbocycles. The number of phenols is 1. The Balaban J connectivity index is 1.47. The van der Waals surface area contributed by atoms with Gasteiger partial charge in [-0.15, -0.1) is 0 Å². The van der Waals surface area contributed by atoms with E-state index in [0.717, 1.165) is 72.5 Å². The maximum Gasteiger partial charge on any atom is 0.149 e. The van der Waals surface area contributed by atoms with Gasteiger partial charge in [-0.2, -0.15) is 0 Å². The van der Waals surface area contributed by atoms with E-state index in [2.05, 4.69) is 241 Å². The Morgan fingerprint density at radius 3 is 1.66 bits per heavy atom. The lowest BCUT2D eigenvalue weighted by Crippen LogP contribution is -2.34. The van der Waals surface area contributed by atoms with Crippen molar-refractivity contribution in [3.05, 3.63) is 168 Å². The van der Waals surface area contributed by atoms with E-state index >= 15 is 0 Å². The van der Waals surface area contributed by atoms with E-state index in [4.69, 9.17) is 9.97 Å². The monoisotopic (exact) mass is 858 g/mol. The first-order valence-corrected chi connectivity index (χ1v) is 23.2. The number of imidazole rings is 1. The molecule has 0 aliphatic heterocycles. The van der Waals surface area contributed by atoms with Crippen LogP contribution in [0.3, 0.4) is 0 Å². The van der Waals surface area contributed by atoms with Crippen molar-refractivity contribution in [3.8, 4) is 67.5 Å². The third-order valence-electron chi connectivity index (χ3n) is 13.9. The molecule has 2 aromatic heterocycles. The van der Waals surface area contributed by atoms with Crippen LogP contribution in [0.2, 0.25) is 0 Å². The van der Waals surface area contributed by atoms with Gasteiger partial charge in [-0.3, -0.25) is 9.55 Å². The van der Waals surface area contributed by atoms with Gasteiger partial charge in [0, 0.05) is 28.5 Å². The Labute approximate surface area is 388 Å². The van der Waals surface area contributed by atoms with E-state index in [-0.39, 0.29) is 32.8 Å². The molecule has 0 amide bonds. The van der Waals surface area contributed by atoms with Crippen molar-refractivity contribution in [2.45, 2.75) is 119 Å². The molecule has 332 valence electrons. The van der Waals surface area contributed by atoms with Crippen molar-refractivity contribution in [2.75, 3.05) is 0 Å². The molecule has 0 saturated heterocycles. The molecular formula is C61H67N3O. The summed E-state index contributed by atoms with van der Waals surface area (Å²) in [5.74, 6) is 0.961. The number of pyridine rings is 1. The van der Waals surface area contributed by atoms with Crippen LogP contribution in [-0.4, -0.2) is 19.6 Å². The van der Waals surface area contributed by atoms with Gasteiger partial charge < -0.3 is 5.11 Å². The molecule has 65 heavy (non-hydrogen) atoms. The number of fused-ring (bicyclic) bond motifs is 1. The van der Waals surface area contributed by atoms with Gasteiger partial charge in [0.2, 0.25) is 0 Å². The number of phenolic OH excluding ortho intramolecular Hbond substituents is 1. The second-order valence-electron chi connectivity index (χ2n) is 22.7. The minimum absolute atomic E-state index is 0.00556. The lowest BCUT2D eigenvalue weighted by molar-refractivity contribution is 0.225. The highest BCUT2D eigenvalue weighted by Gasteiger charge is 2.36. The third kappa shape index (κ3) is 8.68. The minimum Gasteiger partial charge on any atom is -0.507 e. The summed E-state index contributed by atoms with van der Waals surface area (Å²) in [5.41, 5.74) is 15.8. The number of para-hydroxylation sites is 1. The van der Waals surface area contributed by atoms with Crippen molar-refractivity contribution in [1.29, 1.82) is 0 Å². The van der Waals surface area contributed by atoms with Crippen LogP contribution in [-0.2, 0) is 21.7 Å². The molecule has 0 radical (unpaired) electrons. The lowest BCUT2D eigenvalue weighted by atomic mass is 9.65. The van der Waals surface area contributed by atoms with Crippen molar-refractivity contribution in [1.82, 2.24) is 14.5 Å². The van der Waals surface area contributed by atoms with Crippen LogP contribution in [0.25, 0.3) is 72.7 Å². The molecular weight excluding hydrogens is 791 g/mol. The SMILES string of the molecule is CC(C)(C)c1cc(-c2cc(-c3ccccc3)ccn2)cc(-c2cccc3c2nc(-c2cc(C(C)(C)C)cc(C(C)(C)C)c2O)n3-c2ccc(C(C)(C)C(C)(C)C)cc2-c2ccccc2)c1. The number of hydrogen-bond acceptors (Lipinski definition) is 3. The van der Waals surface area contributed by atoms with E-state index in [9.17, 15) is 5.11 Å². The Morgan fingerprint density at radius 2 is 1.05 bits per heavy atom.